The molecular formula is C62H52B2N4. The fraction of sp³-hybridized carbons (Fsp3) is 0.129. The second-order valence-corrected chi connectivity index (χ2v) is 21.0. The van der Waals surface area contributed by atoms with Gasteiger partial charge in [-0.15, -0.1) is 0 Å². The average Bonchev–Trinajstić information content (AvgIpc) is 3.36. The standard InChI is InChI=1S/C62H52B2N4/c1-61(2,3)41-35-55-59-57(37-41)67(45-27-15-9-16-28-45)53-40-54-50(39-49(53)63(59)47-31-19-21-33-51(47)65(55)43-23-11-7-12-24-43)64-48-32-20-22-34-52(48)66(44-25-13-8-14-26-44)56-36-42(62(4,5)6)38-58(60(56)64)68(54)46-29-17-10-18-30-46/h7-40H,1-6H3. The molecule has 6 heteroatoms. The van der Waals surface area contributed by atoms with Gasteiger partial charge in [-0.1, -0.05) is 157 Å². The van der Waals surface area contributed by atoms with E-state index in [1.165, 1.54) is 89.4 Å². The minimum Gasteiger partial charge on any atom is -0.311 e. The molecule has 0 aliphatic carbocycles. The van der Waals surface area contributed by atoms with Crippen molar-refractivity contribution in [3.63, 3.8) is 0 Å². The van der Waals surface area contributed by atoms with E-state index in [0.717, 1.165) is 22.7 Å². The van der Waals surface area contributed by atoms with E-state index < -0.39 is 0 Å². The van der Waals surface area contributed by atoms with E-state index in [4.69, 9.17) is 0 Å². The summed E-state index contributed by atoms with van der Waals surface area (Å²) in [5, 5.41) is 0. The van der Waals surface area contributed by atoms with Crippen LogP contribution in [0, 0.1) is 0 Å². The maximum Gasteiger partial charge on any atom is 0.252 e. The third-order valence-corrected chi connectivity index (χ3v) is 14.9. The van der Waals surface area contributed by atoms with Gasteiger partial charge in [-0.3, -0.25) is 0 Å². The molecular weight excluding hydrogens is 822 g/mol. The fourth-order valence-electron chi connectivity index (χ4n) is 11.7. The number of fused-ring (bicyclic) bond motifs is 8. The third-order valence-electron chi connectivity index (χ3n) is 14.9. The predicted octanol–water partition coefficient (Wildman–Crippen LogP) is 12.4. The van der Waals surface area contributed by atoms with Crippen LogP contribution in [0.25, 0.3) is 0 Å². The lowest BCUT2D eigenvalue weighted by Crippen LogP contribution is -2.65. The van der Waals surface area contributed by atoms with Crippen molar-refractivity contribution in [3.05, 3.63) is 217 Å². The fourth-order valence-corrected chi connectivity index (χ4v) is 11.7. The van der Waals surface area contributed by atoms with Gasteiger partial charge in [0, 0.05) is 68.2 Å². The van der Waals surface area contributed by atoms with Crippen LogP contribution in [0.3, 0.4) is 0 Å². The van der Waals surface area contributed by atoms with Crippen LogP contribution in [0.1, 0.15) is 52.7 Å². The van der Waals surface area contributed by atoms with Gasteiger partial charge in [0.05, 0.1) is 0 Å². The molecule has 0 spiro atoms. The smallest absolute Gasteiger partial charge is 0.252 e. The van der Waals surface area contributed by atoms with E-state index in [0.29, 0.717) is 0 Å². The molecule has 0 atom stereocenters. The van der Waals surface area contributed by atoms with Crippen molar-refractivity contribution < 1.29 is 0 Å². The molecule has 4 heterocycles. The Labute approximate surface area is 401 Å². The Hall–Kier alpha value is -7.69. The summed E-state index contributed by atoms with van der Waals surface area (Å²) in [4.78, 5) is 10.2. The Kier molecular flexibility index (Phi) is 8.89. The van der Waals surface area contributed by atoms with Crippen molar-refractivity contribution in [3.8, 4) is 0 Å². The van der Waals surface area contributed by atoms with Crippen LogP contribution in [0.4, 0.5) is 68.2 Å². The first-order valence-electron chi connectivity index (χ1n) is 24.2. The number of hydrogen-bond acceptors (Lipinski definition) is 4. The highest BCUT2D eigenvalue weighted by Gasteiger charge is 2.48. The van der Waals surface area contributed by atoms with Crippen LogP contribution in [0.15, 0.2) is 206 Å². The number of anilines is 12. The van der Waals surface area contributed by atoms with Gasteiger partial charge < -0.3 is 19.6 Å². The molecule has 0 saturated carbocycles. The SMILES string of the molecule is CC(C)(C)c1cc2c3c(c1)N(c1ccccc1)c1cc4c(cc1B3c1ccccc1N2c1ccccc1)B1c2ccccc2N(c2ccccc2)c2cc(C(C)(C)C)cc(c21)N4c1ccccc1. The molecule has 0 radical (unpaired) electrons. The largest absolute Gasteiger partial charge is 0.311 e. The molecule has 0 bridgehead atoms. The first-order valence-corrected chi connectivity index (χ1v) is 24.2. The summed E-state index contributed by atoms with van der Waals surface area (Å²) >= 11 is 0. The van der Waals surface area contributed by atoms with Gasteiger partial charge in [-0.05, 0) is 146 Å². The Morgan fingerprint density at radius 1 is 0.265 bits per heavy atom. The van der Waals surface area contributed by atoms with Crippen molar-refractivity contribution >= 4 is 114 Å². The van der Waals surface area contributed by atoms with Crippen LogP contribution in [0.2, 0.25) is 0 Å². The zero-order valence-corrected chi connectivity index (χ0v) is 39.6. The zero-order valence-electron chi connectivity index (χ0n) is 39.6. The molecule has 0 aromatic heterocycles. The third kappa shape index (κ3) is 6.02. The number of para-hydroxylation sites is 6. The van der Waals surface area contributed by atoms with Crippen LogP contribution in [-0.2, 0) is 10.8 Å². The van der Waals surface area contributed by atoms with Gasteiger partial charge in [0.1, 0.15) is 0 Å². The van der Waals surface area contributed by atoms with Crippen molar-refractivity contribution in [2.75, 3.05) is 19.6 Å². The minimum atomic E-state index is -0.114. The summed E-state index contributed by atoms with van der Waals surface area (Å²) in [5.41, 5.74) is 24.7. The van der Waals surface area contributed by atoms with Crippen LogP contribution < -0.4 is 52.4 Å². The number of benzene rings is 9. The van der Waals surface area contributed by atoms with Gasteiger partial charge in [0.25, 0.3) is 13.4 Å². The van der Waals surface area contributed by atoms with Crippen LogP contribution >= 0.6 is 0 Å². The van der Waals surface area contributed by atoms with Crippen LogP contribution in [-0.4, -0.2) is 13.4 Å². The van der Waals surface area contributed by atoms with Crippen molar-refractivity contribution in [1.82, 2.24) is 0 Å². The van der Waals surface area contributed by atoms with Crippen molar-refractivity contribution in [2.24, 2.45) is 0 Å². The second kappa shape index (κ2) is 14.9. The van der Waals surface area contributed by atoms with Crippen molar-refractivity contribution in [1.29, 1.82) is 0 Å². The minimum absolute atomic E-state index is 0.0283. The highest BCUT2D eigenvalue weighted by Crippen LogP contribution is 2.50. The van der Waals surface area contributed by atoms with E-state index in [1.54, 1.807) is 0 Å². The number of hydrogen-bond donors (Lipinski definition) is 0. The second-order valence-electron chi connectivity index (χ2n) is 21.0. The normalized spacial score (nSPS) is 14.1. The Balaban J connectivity index is 1.17. The first-order chi connectivity index (χ1) is 33.0. The molecule has 4 aliphatic heterocycles. The molecule has 0 fully saturated rings. The molecule has 68 heavy (non-hydrogen) atoms. The Bertz CT molecular complexity index is 3220. The van der Waals surface area contributed by atoms with Gasteiger partial charge >= 0.3 is 0 Å². The molecule has 9 aromatic rings. The van der Waals surface area contributed by atoms with E-state index in [-0.39, 0.29) is 24.3 Å². The Morgan fingerprint density at radius 2 is 0.544 bits per heavy atom. The maximum absolute atomic E-state index is 2.63. The summed E-state index contributed by atoms with van der Waals surface area (Å²) in [7, 11) is 0. The van der Waals surface area contributed by atoms with Gasteiger partial charge in [0.15, 0.2) is 0 Å². The van der Waals surface area contributed by atoms with E-state index in [2.05, 4.69) is 267 Å². The monoisotopic (exact) mass is 874 g/mol. The lowest BCUT2D eigenvalue weighted by molar-refractivity contribution is 0.590. The molecule has 0 saturated heterocycles. The first kappa shape index (κ1) is 40.6. The molecule has 4 nitrogen and oxygen atoms in total. The summed E-state index contributed by atoms with van der Waals surface area (Å²) in [6, 6.07) is 77.6. The van der Waals surface area contributed by atoms with Gasteiger partial charge in [0.2, 0.25) is 0 Å². The summed E-state index contributed by atoms with van der Waals surface area (Å²) in [6.07, 6.45) is 0. The zero-order chi connectivity index (χ0) is 46.1. The van der Waals surface area contributed by atoms with Gasteiger partial charge in [-0.25, -0.2) is 0 Å². The molecule has 13 rings (SSSR count). The number of rotatable bonds is 4. The van der Waals surface area contributed by atoms with E-state index in [1.807, 2.05) is 0 Å². The predicted molar refractivity (Wildman–Crippen MR) is 292 cm³/mol. The molecule has 4 aliphatic rings. The molecule has 9 aromatic carbocycles. The highest BCUT2D eigenvalue weighted by atomic mass is 15.2. The van der Waals surface area contributed by atoms with E-state index >= 15 is 0 Å². The van der Waals surface area contributed by atoms with Gasteiger partial charge in [-0.2, -0.15) is 0 Å². The van der Waals surface area contributed by atoms with Crippen LogP contribution in [0.5, 0.6) is 0 Å². The quantitative estimate of drug-likeness (QED) is 0.163. The molecule has 0 unspecified atom stereocenters. The molecule has 326 valence electrons. The Morgan fingerprint density at radius 3 is 0.853 bits per heavy atom. The summed E-state index contributed by atoms with van der Waals surface area (Å²) < 4.78 is 0. The maximum atomic E-state index is 2.63. The van der Waals surface area contributed by atoms with Crippen molar-refractivity contribution in [2.45, 2.75) is 52.4 Å². The summed E-state index contributed by atoms with van der Waals surface area (Å²) in [6.45, 7) is 14.0. The lowest BCUT2D eigenvalue weighted by Gasteiger charge is -2.48. The molecule has 0 amide bonds. The lowest BCUT2D eigenvalue weighted by atomic mass is 9.30. The topological polar surface area (TPSA) is 13.0 Å². The summed E-state index contributed by atoms with van der Waals surface area (Å²) in [5.74, 6) is 0. The highest BCUT2D eigenvalue weighted by molar-refractivity contribution is 7.03. The van der Waals surface area contributed by atoms with E-state index in [9.17, 15) is 0 Å². The number of nitrogens with zero attached hydrogens (tertiary/aromatic N) is 4. The molecule has 0 N–H and O–H groups in total. The average molecular weight is 875 g/mol.